The minimum atomic E-state index is 0.744. The number of benzene rings is 6. The molecular weight excluding hydrogens is 474 g/mol. The molecular formula is C36H27N3. The molecule has 3 nitrogen and oxygen atoms in total. The number of anilines is 2. The first kappa shape index (κ1) is 22.9. The standard InChI is InChI=1S/C36H27N3/c37-28-17-14-25(15-18-28)31-20-19-29(38)23-33(31)26-12-10-24(11-13-26)27-16-21-36-34(22-27)32-8-4-5-9-35(32)39(36)30-6-2-1-3-7-30/h1-23H,37-38H2. The van der Waals surface area contributed by atoms with Crippen molar-refractivity contribution in [1.29, 1.82) is 0 Å². The molecule has 0 radical (unpaired) electrons. The minimum Gasteiger partial charge on any atom is -0.399 e. The largest absolute Gasteiger partial charge is 0.399 e. The van der Waals surface area contributed by atoms with Crippen LogP contribution in [-0.4, -0.2) is 4.57 Å². The Hall–Kier alpha value is -5.28. The molecule has 4 N–H and O–H groups in total. The number of hydrogen-bond donors (Lipinski definition) is 2. The normalized spacial score (nSPS) is 11.3. The van der Waals surface area contributed by atoms with E-state index < -0.39 is 0 Å². The summed E-state index contributed by atoms with van der Waals surface area (Å²) in [4.78, 5) is 0. The van der Waals surface area contributed by atoms with Gasteiger partial charge in [0.25, 0.3) is 0 Å². The van der Waals surface area contributed by atoms with Crippen LogP contribution in [0.5, 0.6) is 0 Å². The summed E-state index contributed by atoms with van der Waals surface area (Å²) in [5.41, 5.74) is 24.1. The monoisotopic (exact) mass is 501 g/mol. The van der Waals surface area contributed by atoms with Crippen molar-refractivity contribution < 1.29 is 0 Å². The molecule has 0 aliphatic rings. The lowest BCUT2D eigenvalue weighted by Crippen LogP contribution is -1.92. The van der Waals surface area contributed by atoms with Gasteiger partial charge in [0.1, 0.15) is 0 Å². The Morgan fingerprint density at radius 3 is 1.77 bits per heavy atom. The fraction of sp³-hybridized carbons (Fsp3) is 0. The van der Waals surface area contributed by atoms with Crippen molar-refractivity contribution in [2.45, 2.75) is 0 Å². The van der Waals surface area contributed by atoms with Gasteiger partial charge >= 0.3 is 0 Å². The van der Waals surface area contributed by atoms with Gasteiger partial charge in [-0.15, -0.1) is 0 Å². The first-order valence-corrected chi connectivity index (χ1v) is 13.1. The zero-order chi connectivity index (χ0) is 26.3. The van der Waals surface area contributed by atoms with Crippen LogP contribution in [0.15, 0.2) is 140 Å². The van der Waals surface area contributed by atoms with Crippen molar-refractivity contribution >= 4 is 33.2 Å². The number of nitrogens with zero attached hydrogens (tertiary/aromatic N) is 1. The van der Waals surface area contributed by atoms with Gasteiger partial charge in [-0.25, -0.2) is 0 Å². The molecule has 0 atom stereocenters. The summed E-state index contributed by atoms with van der Waals surface area (Å²) in [5.74, 6) is 0. The van der Waals surface area contributed by atoms with E-state index in [2.05, 4.69) is 120 Å². The molecule has 0 amide bonds. The zero-order valence-corrected chi connectivity index (χ0v) is 21.4. The number of para-hydroxylation sites is 2. The summed E-state index contributed by atoms with van der Waals surface area (Å²) in [7, 11) is 0. The van der Waals surface area contributed by atoms with E-state index in [9.17, 15) is 0 Å². The minimum absolute atomic E-state index is 0.744. The summed E-state index contributed by atoms with van der Waals surface area (Å²) >= 11 is 0. The lowest BCUT2D eigenvalue weighted by Gasteiger charge is -2.13. The molecule has 3 heteroatoms. The Morgan fingerprint density at radius 2 is 0.974 bits per heavy atom. The molecule has 1 heterocycles. The van der Waals surface area contributed by atoms with Gasteiger partial charge in [-0.2, -0.15) is 0 Å². The molecule has 0 saturated carbocycles. The number of aromatic nitrogens is 1. The van der Waals surface area contributed by atoms with E-state index >= 15 is 0 Å². The van der Waals surface area contributed by atoms with E-state index in [0.717, 1.165) is 33.6 Å². The molecule has 0 aliphatic heterocycles. The average molecular weight is 502 g/mol. The maximum atomic E-state index is 6.21. The number of hydrogen-bond acceptors (Lipinski definition) is 2. The smallest absolute Gasteiger partial charge is 0.0541 e. The van der Waals surface area contributed by atoms with Crippen LogP contribution in [0.25, 0.3) is 60.9 Å². The highest BCUT2D eigenvalue weighted by Gasteiger charge is 2.13. The van der Waals surface area contributed by atoms with Crippen LogP contribution in [-0.2, 0) is 0 Å². The van der Waals surface area contributed by atoms with Crippen LogP contribution in [0.1, 0.15) is 0 Å². The molecule has 0 unspecified atom stereocenters. The fourth-order valence-electron chi connectivity index (χ4n) is 5.57. The molecule has 0 aliphatic carbocycles. The van der Waals surface area contributed by atoms with Crippen LogP contribution in [0, 0.1) is 0 Å². The molecule has 39 heavy (non-hydrogen) atoms. The highest BCUT2D eigenvalue weighted by atomic mass is 15.0. The number of fused-ring (bicyclic) bond motifs is 3. The highest BCUT2D eigenvalue weighted by Crippen LogP contribution is 2.37. The van der Waals surface area contributed by atoms with Crippen LogP contribution < -0.4 is 11.5 Å². The van der Waals surface area contributed by atoms with Gasteiger partial charge < -0.3 is 16.0 Å². The Labute approximate surface area is 227 Å². The molecule has 0 saturated heterocycles. The molecule has 6 aromatic carbocycles. The summed E-state index contributed by atoms with van der Waals surface area (Å²) in [6, 6.07) is 48.8. The van der Waals surface area contributed by atoms with E-state index in [4.69, 9.17) is 11.5 Å². The molecule has 186 valence electrons. The predicted molar refractivity (Wildman–Crippen MR) is 166 cm³/mol. The van der Waals surface area contributed by atoms with E-state index in [0.29, 0.717) is 0 Å². The van der Waals surface area contributed by atoms with Crippen molar-refractivity contribution in [1.82, 2.24) is 4.57 Å². The van der Waals surface area contributed by atoms with Crippen LogP contribution in [0.2, 0.25) is 0 Å². The molecule has 7 rings (SSSR count). The van der Waals surface area contributed by atoms with Gasteiger partial charge in [0, 0.05) is 27.8 Å². The first-order chi connectivity index (χ1) is 19.2. The van der Waals surface area contributed by atoms with Crippen molar-refractivity contribution in [3.05, 3.63) is 140 Å². The second-order valence-electron chi connectivity index (χ2n) is 9.92. The van der Waals surface area contributed by atoms with E-state index in [1.807, 2.05) is 24.3 Å². The zero-order valence-electron chi connectivity index (χ0n) is 21.4. The number of nitrogens with two attached hydrogens (primary N) is 2. The second-order valence-corrected chi connectivity index (χ2v) is 9.92. The average Bonchev–Trinajstić information content (AvgIpc) is 3.32. The summed E-state index contributed by atoms with van der Waals surface area (Å²) in [6.07, 6.45) is 0. The molecule has 0 bridgehead atoms. The topological polar surface area (TPSA) is 57.0 Å². The summed E-state index contributed by atoms with van der Waals surface area (Å²) in [5, 5.41) is 2.50. The third kappa shape index (κ3) is 4.01. The van der Waals surface area contributed by atoms with Crippen molar-refractivity contribution in [3.63, 3.8) is 0 Å². The van der Waals surface area contributed by atoms with Gasteiger partial charge in [0.05, 0.1) is 11.0 Å². The molecule has 1 aromatic heterocycles. The maximum Gasteiger partial charge on any atom is 0.0541 e. The third-order valence-corrected chi connectivity index (χ3v) is 7.48. The Bertz CT molecular complexity index is 1950. The van der Waals surface area contributed by atoms with Crippen molar-refractivity contribution in [2.75, 3.05) is 11.5 Å². The molecule has 0 spiro atoms. The van der Waals surface area contributed by atoms with Crippen LogP contribution in [0.4, 0.5) is 11.4 Å². The van der Waals surface area contributed by atoms with E-state index in [-0.39, 0.29) is 0 Å². The second kappa shape index (κ2) is 9.23. The van der Waals surface area contributed by atoms with Gasteiger partial charge in [-0.05, 0) is 88.0 Å². The lowest BCUT2D eigenvalue weighted by molar-refractivity contribution is 1.18. The Morgan fingerprint density at radius 1 is 0.385 bits per heavy atom. The third-order valence-electron chi connectivity index (χ3n) is 7.48. The van der Waals surface area contributed by atoms with Gasteiger partial charge in [0.2, 0.25) is 0 Å². The number of rotatable bonds is 4. The van der Waals surface area contributed by atoms with Crippen LogP contribution >= 0.6 is 0 Å². The quantitative estimate of drug-likeness (QED) is 0.237. The first-order valence-electron chi connectivity index (χ1n) is 13.1. The van der Waals surface area contributed by atoms with E-state index in [1.54, 1.807) is 0 Å². The van der Waals surface area contributed by atoms with Gasteiger partial charge in [0.15, 0.2) is 0 Å². The highest BCUT2D eigenvalue weighted by molar-refractivity contribution is 6.10. The lowest BCUT2D eigenvalue weighted by atomic mass is 9.92. The Balaban J connectivity index is 1.32. The Kier molecular flexibility index (Phi) is 5.42. The van der Waals surface area contributed by atoms with Crippen molar-refractivity contribution in [2.24, 2.45) is 0 Å². The predicted octanol–water partition coefficient (Wildman–Crippen LogP) is 8.95. The summed E-state index contributed by atoms with van der Waals surface area (Å²) < 4.78 is 2.34. The van der Waals surface area contributed by atoms with Crippen molar-refractivity contribution in [3.8, 4) is 39.1 Å². The summed E-state index contributed by atoms with van der Waals surface area (Å²) in [6.45, 7) is 0. The van der Waals surface area contributed by atoms with Crippen LogP contribution in [0.3, 0.4) is 0 Å². The molecule has 7 aromatic rings. The molecule has 0 fully saturated rings. The van der Waals surface area contributed by atoms with E-state index in [1.165, 1.54) is 38.6 Å². The van der Waals surface area contributed by atoms with Gasteiger partial charge in [-0.3, -0.25) is 0 Å². The SMILES string of the molecule is Nc1ccc(-c2ccc(N)cc2-c2ccc(-c3ccc4c(c3)c3ccccc3n4-c3ccccc3)cc2)cc1. The maximum absolute atomic E-state index is 6.21. The fourth-order valence-corrected chi connectivity index (χ4v) is 5.57. The van der Waals surface area contributed by atoms with Gasteiger partial charge in [-0.1, -0.05) is 84.9 Å². The number of nitrogen functional groups attached to an aromatic ring is 2.